The largest absolute Gasteiger partial charge is 0.330 e. The van der Waals surface area contributed by atoms with Crippen molar-refractivity contribution in [3.05, 3.63) is 70.8 Å². The number of hydrogen-bond acceptors (Lipinski definition) is 1. The SMILES string of the molecule is Cc1cccc(CC(CN)c2cccc(C)c2)c1. The first-order valence-corrected chi connectivity index (χ1v) is 6.51. The van der Waals surface area contributed by atoms with Crippen LogP contribution in [0.25, 0.3) is 0 Å². The van der Waals surface area contributed by atoms with Crippen LogP contribution in [0.3, 0.4) is 0 Å². The second kappa shape index (κ2) is 5.83. The molecule has 94 valence electrons. The van der Waals surface area contributed by atoms with Gasteiger partial charge in [-0.25, -0.2) is 0 Å². The molecule has 2 aromatic rings. The zero-order valence-electron chi connectivity index (χ0n) is 11.2. The topological polar surface area (TPSA) is 26.0 Å². The maximum absolute atomic E-state index is 5.94. The van der Waals surface area contributed by atoms with Gasteiger partial charge in [0.05, 0.1) is 0 Å². The lowest BCUT2D eigenvalue weighted by atomic mass is 9.91. The molecule has 0 saturated carbocycles. The number of aryl methyl sites for hydroxylation is 2. The monoisotopic (exact) mass is 239 g/mol. The fraction of sp³-hybridized carbons (Fsp3) is 0.294. The van der Waals surface area contributed by atoms with Crippen LogP contribution in [0.5, 0.6) is 0 Å². The van der Waals surface area contributed by atoms with E-state index in [4.69, 9.17) is 5.73 Å². The minimum atomic E-state index is 0.409. The molecule has 0 bridgehead atoms. The Balaban J connectivity index is 2.19. The Labute approximate surface area is 110 Å². The average molecular weight is 239 g/mol. The van der Waals surface area contributed by atoms with E-state index in [-0.39, 0.29) is 0 Å². The van der Waals surface area contributed by atoms with Crippen LogP contribution in [0.15, 0.2) is 48.5 Å². The van der Waals surface area contributed by atoms with Crippen LogP contribution in [0.1, 0.15) is 28.2 Å². The van der Waals surface area contributed by atoms with Crippen LogP contribution in [0.2, 0.25) is 0 Å². The van der Waals surface area contributed by atoms with E-state index in [0.29, 0.717) is 12.5 Å². The van der Waals surface area contributed by atoms with Gasteiger partial charge in [-0.05, 0) is 37.9 Å². The van der Waals surface area contributed by atoms with Crippen molar-refractivity contribution in [3.63, 3.8) is 0 Å². The fourth-order valence-electron chi connectivity index (χ4n) is 2.38. The number of benzene rings is 2. The molecule has 0 fully saturated rings. The highest BCUT2D eigenvalue weighted by Crippen LogP contribution is 2.21. The van der Waals surface area contributed by atoms with E-state index in [2.05, 4.69) is 62.4 Å². The first-order chi connectivity index (χ1) is 8.69. The second-order valence-corrected chi connectivity index (χ2v) is 5.04. The number of rotatable bonds is 4. The minimum absolute atomic E-state index is 0.409. The average Bonchev–Trinajstić information content (AvgIpc) is 2.36. The van der Waals surface area contributed by atoms with Crippen molar-refractivity contribution in [1.29, 1.82) is 0 Å². The Hall–Kier alpha value is -1.60. The highest BCUT2D eigenvalue weighted by Gasteiger charge is 2.10. The molecule has 2 N–H and O–H groups in total. The maximum Gasteiger partial charge on any atom is 0.000167 e. The molecule has 1 heteroatoms. The Morgan fingerprint density at radius 1 is 0.944 bits per heavy atom. The van der Waals surface area contributed by atoms with Gasteiger partial charge < -0.3 is 5.73 Å². The zero-order chi connectivity index (χ0) is 13.0. The molecule has 18 heavy (non-hydrogen) atoms. The normalized spacial score (nSPS) is 12.4. The minimum Gasteiger partial charge on any atom is -0.330 e. The quantitative estimate of drug-likeness (QED) is 0.867. The first kappa shape index (κ1) is 12.8. The molecule has 2 aromatic carbocycles. The van der Waals surface area contributed by atoms with Gasteiger partial charge in [0.1, 0.15) is 0 Å². The third-order valence-electron chi connectivity index (χ3n) is 3.36. The molecule has 0 amide bonds. The van der Waals surface area contributed by atoms with Crippen LogP contribution >= 0.6 is 0 Å². The molecule has 0 aliphatic heterocycles. The third-order valence-corrected chi connectivity index (χ3v) is 3.36. The van der Waals surface area contributed by atoms with Gasteiger partial charge in [-0.3, -0.25) is 0 Å². The van der Waals surface area contributed by atoms with Crippen LogP contribution in [0, 0.1) is 13.8 Å². The summed E-state index contributed by atoms with van der Waals surface area (Å²) in [7, 11) is 0. The summed E-state index contributed by atoms with van der Waals surface area (Å²) in [6.07, 6.45) is 1.02. The molecular weight excluding hydrogens is 218 g/mol. The summed E-state index contributed by atoms with van der Waals surface area (Å²) in [4.78, 5) is 0. The third kappa shape index (κ3) is 3.21. The van der Waals surface area contributed by atoms with Crippen LogP contribution in [0.4, 0.5) is 0 Å². The van der Waals surface area contributed by atoms with Crippen LogP contribution in [-0.4, -0.2) is 6.54 Å². The Bertz CT molecular complexity index is 517. The van der Waals surface area contributed by atoms with Crippen molar-refractivity contribution in [1.82, 2.24) is 0 Å². The van der Waals surface area contributed by atoms with E-state index in [9.17, 15) is 0 Å². The van der Waals surface area contributed by atoms with Gasteiger partial charge >= 0.3 is 0 Å². The molecule has 0 heterocycles. The molecule has 2 rings (SSSR count). The van der Waals surface area contributed by atoms with Gasteiger partial charge in [-0.15, -0.1) is 0 Å². The van der Waals surface area contributed by atoms with E-state index in [1.807, 2.05) is 0 Å². The van der Waals surface area contributed by atoms with E-state index in [1.54, 1.807) is 0 Å². The van der Waals surface area contributed by atoms with E-state index in [1.165, 1.54) is 22.3 Å². The fourth-order valence-corrected chi connectivity index (χ4v) is 2.38. The van der Waals surface area contributed by atoms with Gasteiger partial charge in [-0.1, -0.05) is 59.7 Å². The van der Waals surface area contributed by atoms with Crippen molar-refractivity contribution >= 4 is 0 Å². The van der Waals surface area contributed by atoms with Crippen molar-refractivity contribution in [2.45, 2.75) is 26.2 Å². The summed E-state index contributed by atoms with van der Waals surface area (Å²) in [6, 6.07) is 17.4. The van der Waals surface area contributed by atoms with Crippen molar-refractivity contribution in [2.24, 2.45) is 5.73 Å². The summed E-state index contributed by atoms with van der Waals surface area (Å²) in [5.41, 5.74) is 11.3. The molecule has 1 unspecified atom stereocenters. The van der Waals surface area contributed by atoms with Crippen LogP contribution < -0.4 is 5.73 Å². The molecule has 0 saturated heterocycles. The number of nitrogens with two attached hydrogens (primary N) is 1. The highest BCUT2D eigenvalue weighted by molar-refractivity contribution is 5.29. The van der Waals surface area contributed by atoms with Crippen molar-refractivity contribution in [3.8, 4) is 0 Å². The predicted molar refractivity (Wildman–Crippen MR) is 77.9 cm³/mol. The number of hydrogen-bond donors (Lipinski definition) is 1. The summed E-state index contributed by atoms with van der Waals surface area (Å²) in [5, 5.41) is 0. The van der Waals surface area contributed by atoms with Gasteiger partial charge in [0.15, 0.2) is 0 Å². The maximum atomic E-state index is 5.94. The molecular formula is C17H21N. The predicted octanol–water partition coefficient (Wildman–Crippen LogP) is 3.59. The molecule has 0 spiro atoms. The Kier molecular flexibility index (Phi) is 4.16. The summed E-state index contributed by atoms with van der Waals surface area (Å²) in [6.45, 7) is 4.95. The molecule has 1 nitrogen and oxygen atoms in total. The lowest BCUT2D eigenvalue weighted by Crippen LogP contribution is -2.15. The van der Waals surface area contributed by atoms with Gasteiger partial charge in [0, 0.05) is 5.92 Å². The lowest BCUT2D eigenvalue weighted by Gasteiger charge is -2.16. The Morgan fingerprint density at radius 2 is 1.61 bits per heavy atom. The van der Waals surface area contributed by atoms with Gasteiger partial charge in [-0.2, -0.15) is 0 Å². The lowest BCUT2D eigenvalue weighted by molar-refractivity contribution is 0.693. The molecule has 0 aliphatic rings. The molecule has 0 radical (unpaired) electrons. The van der Waals surface area contributed by atoms with Gasteiger partial charge in [0.2, 0.25) is 0 Å². The van der Waals surface area contributed by atoms with E-state index < -0.39 is 0 Å². The van der Waals surface area contributed by atoms with E-state index in [0.717, 1.165) is 6.42 Å². The summed E-state index contributed by atoms with van der Waals surface area (Å²) in [5.74, 6) is 0.409. The van der Waals surface area contributed by atoms with Gasteiger partial charge in [0.25, 0.3) is 0 Å². The molecule has 0 aromatic heterocycles. The molecule has 0 aliphatic carbocycles. The van der Waals surface area contributed by atoms with Crippen LogP contribution in [-0.2, 0) is 6.42 Å². The van der Waals surface area contributed by atoms with E-state index >= 15 is 0 Å². The smallest absolute Gasteiger partial charge is 0.000167 e. The standard InChI is InChI=1S/C17H21N/c1-13-5-3-7-15(9-13)11-17(12-18)16-8-4-6-14(2)10-16/h3-10,17H,11-12,18H2,1-2H3. The Morgan fingerprint density at radius 3 is 2.22 bits per heavy atom. The molecule has 1 atom stereocenters. The first-order valence-electron chi connectivity index (χ1n) is 6.51. The summed E-state index contributed by atoms with van der Waals surface area (Å²) >= 11 is 0. The second-order valence-electron chi connectivity index (χ2n) is 5.04. The van der Waals surface area contributed by atoms with Crippen molar-refractivity contribution < 1.29 is 0 Å². The van der Waals surface area contributed by atoms with Crippen molar-refractivity contribution in [2.75, 3.05) is 6.54 Å². The highest BCUT2D eigenvalue weighted by atomic mass is 14.5. The zero-order valence-corrected chi connectivity index (χ0v) is 11.2. The summed E-state index contributed by atoms with van der Waals surface area (Å²) < 4.78 is 0.